The molecule has 1 atom stereocenters. The zero-order chi connectivity index (χ0) is 22.8. The van der Waals surface area contributed by atoms with Gasteiger partial charge in [-0.05, 0) is 76.8 Å². The van der Waals surface area contributed by atoms with Crippen LogP contribution in [-0.4, -0.2) is 37.0 Å². The molecule has 3 rings (SSSR count). The summed E-state index contributed by atoms with van der Waals surface area (Å²) >= 11 is 5.50. The van der Waals surface area contributed by atoms with Gasteiger partial charge in [0.2, 0.25) is 0 Å². The van der Waals surface area contributed by atoms with Gasteiger partial charge in [-0.25, -0.2) is 4.39 Å². The van der Waals surface area contributed by atoms with Gasteiger partial charge in [0.1, 0.15) is 5.82 Å². The van der Waals surface area contributed by atoms with Gasteiger partial charge in [-0.2, -0.15) is 0 Å². The minimum absolute atomic E-state index is 0.125. The molecule has 1 heterocycles. The number of halogens is 2. The molecule has 9 heteroatoms. The lowest BCUT2D eigenvalue weighted by Gasteiger charge is -2.42. The van der Waals surface area contributed by atoms with Crippen molar-refractivity contribution in [2.24, 2.45) is 0 Å². The molecule has 0 bridgehead atoms. The number of hydrogen-bond acceptors (Lipinski definition) is 5. The van der Waals surface area contributed by atoms with Crippen LogP contribution in [0.25, 0.3) is 0 Å². The Labute approximate surface area is 202 Å². The van der Waals surface area contributed by atoms with E-state index in [-0.39, 0.29) is 17.8 Å². The molecule has 32 heavy (non-hydrogen) atoms. The Morgan fingerprint density at radius 3 is 2.72 bits per heavy atom. The summed E-state index contributed by atoms with van der Waals surface area (Å²) in [5.41, 5.74) is 1.81. The van der Waals surface area contributed by atoms with Crippen LogP contribution in [0.1, 0.15) is 36.8 Å². The topological polar surface area (TPSA) is 67.8 Å². The van der Waals surface area contributed by atoms with Crippen molar-refractivity contribution in [3.8, 4) is 0 Å². The summed E-state index contributed by atoms with van der Waals surface area (Å²) in [6, 6.07) is 13.4. The van der Waals surface area contributed by atoms with Crippen molar-refractivity contribution in [2.45, 2.75) is 42.5 Å². The van der Waals surface area contributed by atoms with Gasteiger partial charge in [-0.1, -0.05) is 30.7 Å². The molecule has 0 amide bonds. The number of ether oxygens (including phenoxy) is 1. The van der Waals surface area contributed by atoms with Crippen LogP contribution in [0.2, 0.25) is 0 Å². The predicted octanol–water partition coefficient (Wildman–Crippen LogP) is 5.70. The molecule has 0 radical (unpaired) electrons. The second-order valence-electron chi connectivity index (χ2n) is 7.97. The van der Waals surface area contributed by atoms with Crippen molar-refractivity contribution < 1.29 is 23.1 Å². The van der Waals surface area contributed by atoms with Crippen LogP contribution >= 0.6 is 35.9 Å². The molecule has 5 nitrogen and oxygen atoms in total. The van der Waals surface area contributed by atoms with E-state index in [2.05, 4.69) is 44.0 Å². The number of nitrogens with one attached hydrogen (secondary N) is 1. The fraction of sp³-hybridized carbons (Fsp3) is 0.478. The number of unbranched alkanes of at least 4 members (excludes halogenated alkanes) is 1. The molecule has 0 saturated carbocycles. The Kier molecular flexibility index (Phi) is 10.7. The molecule has 0 aliphatic carbocycles. The van der Waals surface area contributed by atoms with E-state index in [9.17, 15) is 8.96 Å². The predicted molar refractivity (Wildman–Crippen MR) is 131 cm³/mol. The Bertz CT molecular complexity index is 900. The lowest BCUT2D eigenvalue weighted by Crippen LogP contribution is -2.47. The van der Waals surface area contributed by atoms with Gasteiger partial charge in [-0.3, -0.25) is 4.57 Å². The maximum Gasteiger partial charge on any atom is 0.316 e. The second-order valence-corrected chi connectivity index (χ2v) is 10.8. The van der Waals surface area contributed by atoms with Crippen LogP contribution < -0.4 is 5.32 Å². The van der Waals surface area contributed by atoms with Gasteiger partial charge in [0, 0.05) is 21.3 Å². The van der Waals surface area contributed by atoms with E-state index >= 15 is 0 Å². The van der Waals surface area contributed by atoms with Crippen LogP contribution in [-0.2, 0) is 25.8 Å². The van der Waals surface area contributed by atoms with E-state index in [1.54, 1.807) is 6.07 Å². The number of hydrogen-bond donors (Lipinski definition) is 2. The average Bonchev–Trinajstić information content (AvgIpc) is 2.74. The molecule has 176 valence electrons. The molecule has 2 N–H and O–H groups in total. The second kappa shape index (κ2) is 13.2. The highest BCUT2D eigenvalue weighted by Gasteiger charge is 2.41. The van der Waals surface area contributed by atoms with Crippen LogP contribution in [0.15, 0.2) is 51.8 Å². The first kappa shape index (κ1) is 25.9. The molecule has 1 unspecified atom stereocenters. The fourth-order valence-corrected chi connectivity index (χ4v) is 5.80. The summed E-state index contributed by atoms with van der Waals surface area (Å²) in [6.45, 7) is 2.96. The number of benzene rings is 2. The van der Waals surface area contributed by atoms with Crippen molar-refractivity contribution in [1.82, 2.24) is 5.32 Å². The fourth-order valence-electron chi connectivity index (χ4n) is 3.78. The van der Waals surface area contributed by atoms with Crippen LogP contribution in [0.5, 0.6) is 0 Å². The minimum atomic E-state index is -2.82. The lowest BCUT2D eigenvalue weighted by molar-refractivity contribution is -0.0668. The summed E-state index contributed by atoms with van der Waals surface area (Å²) in [4.78, 5) is 9.83. The summed E-state index contributed by atoms with van der Waals surface area (Å²) in [5.74, 6) is 0.887. The first-order chi connectivity index (χ1) is 15.5. The van der Waals surface area contributed by atoms with Gasteiger partial charge < -0.3 is 19.5 Å². The third-order valence-electron chi connectivity index (χ3n) is 5.56. The van der Waals surface area contributed by atoms with E-state index in [1.165, 1.54) is 16.5 Å². The Morgan fingerprint density at radius 2 is 2.03 bits per heavy atom. The van der Waals surface area contributed by atoms with E-state index in [1.807, 2.05) is 23.9 Å². The molecule has 2 aromatic carbocycles. The molecular weight excluding hydrogens is 516 g/mol. The highest BCUT2D eigenvalue weighted by atomic mass is 79.9. The summed E-state index contributed by atoms with van der Waals surface area (Å²) in [5, 5.41) is 3.31. The lowest BCUT2D eigenvalue weighted by atomic mass is 9.74. The number of rotatable bonds is 14. The summed E-state index contributed by atoms with van der Waals surface area (Å²) in [7, 11) is -2.82. The van der Waals surface area contributed by atoms with Gasteiger partial charge >= 0.3 is 8.25 Å². The zero-order valence-electron chi connectivity index (χ0n) is 17.9. The Hall–Kier alpha value is -0.730. The van der Waals surface area contributed by atoms with Gasteiger partial charge in [0.05, 0.1) is 19.8 Å². The third kappa shape index (κ3) is 7.66. The first-order valence-electron chi connectivity index (χ1n) is 10.8. The van der Waals surface area contributed by atoms with Gasteiger partial charge in [-0.15, -0.1) is 11.8 Å². The Balaban J connectivity index is 1.36. The molecule has 1 fully saturated rings. The van der Waals surface area contributed by atoms with Crippen molar-refractivity contribution in [1.29, 1.82) is 0 Å². The quantitative estimate of drug-likeness (QED) is 0.180. The highest BCUT2D eigenvalue weighted by Crippen LogP contribution is 2.39. The van der Waals surface area contributed by atoms with Gasteiger partial charge in [0.25, 0.3) is 0 Å². The monoisotopic (exact) mass is 545 g/mol. The minimum Gasteiger partial charge on any atom is -0.379 e. The van der Waals surface area contributed by atoms with Crippen LogP contribution in [0, 0.1) is 5.82 Å². The van der Waals surface area contributed by atoms with E-state index in [0.29, 0.717) is 19.6 Å². The third-order valence-corrected chi connectivity index (χ3v) is 8.09. The molecule has 1 aliphatic rings. The smallest absolute Gasteiger partial charge is 0.316 e. The molecule has 2 aromatic rings. The van der Waals surface area contributed by atoms with E-state index in [4.69, 9.17) is 9.63 Å². The largest absolute Gasteiger partial charge is 0.379 e. The maximum atomic E-state index is 14.2. The van der Waals surface area contributed by atoms with Crippen molar-refractivity contribution in [2.75, 3.05) is 32.1 Å². The molecule has 1 saturated heterocycles. The first-order valence-corrected chi connectivity index (χ1v) is 13.8. The SMILES string of the molecule is O=[PH](O)OCCCNCc1ccc(SCCCCC2(c3ccccc3F)COC2)c(Br)c1. The molecule has 0 aromatic heterocycles. The van der Waals surface area contributed by atoms with Crippen LogP contribution in [0.4, 0.5) is 4.39 Å². The average molecular weight is 546 g/mol. The normalized spacial score (nSPS) is 16.0. The molecule has 0 spiro atoms. The van der Waals surface area contributed by atoms with Gasteiger partial charge in [0.15, 0.2) is 0 Å². The van der Waals surface area contributed by atoms with Crippen LogP contribution in [0.3, 0.4) is 0 Å². The maximum absolute atomic E-state index is 14.2. The Morgan fingerprint density at radius 1 is 1.22 bits per heavy atom. The van der Waals surface area contributed by atoms with Crippen molar-refractivity contribution in [3.05, 3.63) is 63.9 Å². The van der Waals surface area contributed by atoms with Crippen molar-refractivity contribution in [3.63, 3.8) is 0 Å². The number of thioether (sulfide) groups is 1. The standard InChI is InChI=1S/C23H30BrFNO4PS/c24-20-14-18(15-26-11-5-12-30-31(27)28)8-9-22(20)32-13-4-3-10-23(16-29-17-23)19-6-1-2-7-21(19)25/h1-2,6-9,14,26,31H,3-5,10-13,15-17H2,(H,27,28). The molecular formula is C23H30BrFNO4PS. The van der Waals surface area contributed by atoms with Crippen molar-refractivity contribution >= 4 is 35.9 Å². The van der Waals surface area contributed by atoms with E-state index in [0.717, 1.165) is 48.1 Å². The summed E-state index contributed by atoms with van der Waals surface area (Å²) < 4.78 is 35.9. The van der Waals surface area contributed by atoms with E-state index < -0.39 is 8.25 Å². The molecule has 1 aliphatic heterocycles. The zero-order valence-corrected chi connectivity index (χ0v) is 21.4. The highest BCUT2D eigenvalue weighted by molar-refractivity contribution is 9.10. The summed E-state index contributed by atoms with van der Waals surface area (Å²) in [6.07, 6.45) is 3.75.